The van der Waals surface area contributed by atoms with Crippen LogP contribution in [0.15, 0.2) is 12.7 Å². The third-order valence-electron chi connectivity index (χ3n) is 1.68. The third kappa shape index (κ3) is 0.920. The number of hydrogen-bond acceptors (Lipinski definition) is 1. The largest absolute Gasteiger partial charge is 0.371 e. The lowest BCUT2D eigenvalue weighted by molar-refractivity contribution is 0.0616. The lowest BCUT2D eigenvalue weighted by atomic mass is 10.0. The second kappa shape index (κ2) is 1.90. The zero-order valence-electron chi connectivity index (χ0n) is 5.31. The lowest BCUT2D eigenvalue weighted by Gasteiger charge is -2.16. The Labute approximate surface area is 50.3 Å². The zero-order valence-corrected chi connectivity index (χ0v) is 5.31. The molecule has 46 valence electrons. The van der Waals surface area contributed by atoms with E-state index in [-0.39, 0.29) is 5.60 Å². The molecular formula is C7H12O. The standard InChI is InChI=1S/C7H12O/c1-3-7(2)5-4-6-8-7/h3H,1,4-6H2,2H3. The second-order valence-electron chi connectivity index (χ2n) is 2.47. The van der Waals surface area contributed by atoms with Crippen LogP contribution in [0.25, 0.3) is 0 Å². The second-order valence-corrected chi connectivity index (χ2v) is 2.47. The highest BCUT2D eigenvalue weighted by atomic mass is 16.5. The molecule has 0 spiro atoms. The Morgan fingerprint density at radius 3 is 2.75 bits per heavy atom. The van der Waals surface area contributed by atoms with E-state index in [2.05, 4.69) is 13.5 Å². The molecule has 1 unspecified atom stereocenters. The quantitative estimate of drug-likeness (QED) is 0.469. The molecule has 0 aromatic heterocycles. The first-order valence-corrected chi connectivity index (χ1v) is 3.04. The van der Waals surface area contributed by atoms with Crippen LogP contribution in [0.4, 0.5) is 0 Å². The maximum atomic E-state index is 5.37. The van der Waals surface area contributed by atoms with Gasteiger partial charge in [-0.05, 0) is 19.8 Å². The van der Waals surface area contributed by atoms with Crippen molar-refractivity contribution in [3.63, 3.8) is 0 Å². The Bertz CT molecular complexity index is 90.6. The molecule has 0 N–H and O–H groups in total. The molecule has 1 aliphatic heterocycles. The van der Waals surface area contributed by atoms with Gasteiger partial charge in [0.2, 0.25) is 0 Å². The molecule has 1 aliphatic rings. The summed E-state index contributed by atoms with van der Waals surface area (Å²) in [5.74, 6) is 0. The van der Waals surface area contributed by atoms with E-state index in [4.69, 9.17) is 4.74 Å². The fourth-order valence-electron chi connectivity index (χ4n) is 0.962. The molecule has 0 aliphatic carbocycles. The van der Waals surface area contributed by atoms with Gasteiger partial charge in [0.15, 0.2) is 0 Å². The monoisotopic (exact) mass is 112 g/mol. The third-order valence-corrected chi connectivity index (χ3v) is 1.68. The van der Waals surface area contributed by atoms with E-state index < -0.39 is 0 Å². The predicted molar refractivity (Wildman–Crippen MR) is 33.8 cm³/mol. The van der Waals surface area contributed by atoms with Crippen LogP contribution >= 0.6 is 0 Å². The Hall–Kier alpha value is -0.300. The van der Waals surface area contributed by atoms with Crippen LogP contribution in [0.1, 0.15) is 19.8 Å². The fraction of sp³-hybridized carbons (Fsp3) is 0.714. The first-order valence-electron chi connectivity index (χ1n) is 3.04. The molecular weight excluding hydrogens is 100 g/mol. The Morgan fingerprint density at radius 1 is 1.75 bits per heavy atom. The lowest BCUT2D eigenvalue weighted by Crippen LogP contribution is -2.17. The molecule has 1 saturated heterocycles. The van der Waals surface area contributed by atoms with E-state index in [1.165, 1.54) is 6.42 Å². The van der Waals surface area contributed by atoms with Crippen LogP contribution in [0.3, 0.4) is 0 Å². The van der Waals surface area contributed by atoms with Crippen molar-refractivity contribution >= 4 is 0 Å². The average molecular weight is 112 g/mol. The van der Waals surface area contributed by atoms with E-state index in [1.54, 1.807) is 0 Å². The molecule has 8 heavy (non-hydrogen) atoms. The van der Waals surface area contributed by atoms with Gasteiger partial charge in [0.1, 0.15) is 0 Å². The smallest absolute Gasteiger partial charge is 0.0832 e. The topological polar surface area (TPSA) is 9.23 Å². The van der Waals surface area contributed by atoms with Crippen LogP contribution in [0.2, 0.25) is 0 Å². The normalized spacial score (nSPS) is 37.6. The van der Waals surface area contributed by atoms with Crippen LogP contribution in [-0.4, -0.2) is 12.2 Å². The summed E-state index contributed by atoms with van der Waals surface area (Å²) in [5, 5.41) is 0. The van der Waals surface area contributed by atoms with Crippen molar-refractivity contribution in [2.24, 2.45) is 0 Å². The molecule has 1 fully saturated rings. The summed E-state index contributed by atoms with van der Waals surface area (Å²) in [6.07, 6.45) is 4.21. The summed E-state index contributed by atoms with van der Waals surface area (Å²) in [6, 6.07) is 0. The van der Waals surface area contributed by atoms with Crippen molar-refractivity contribution in [1.29, 1.82) is 0 Å². The predicted octanol–water partition coefficient (Wildman–Crippen LogP) is 1.74. The van der Waals surface area contributed by atoms with Gasteiger partial charge in [-0.25, -0.2) is 0 Å². The summed E-state index contributed by atoms with van der Waals surface area (Å²) < 4.78 is 5.37. The minimum absolute atomic E-state index is 0. The van der Waals surface area contributed by atoms with Gasteiger partial charge in [0.05, 0.1) is 5.60 Å². The Balaban J connectivity index is 2.52. The van der Waals surface area contributed by atoms with E-state index in [0.717, 1.165) is 13.0 Å². The van der Waals surface area contributed by atoms with Gasteiger partial charge < -0.3 is 4.74 Å². The molecule has 0 aromatic rings. The maximum absolute atomic E-state index is 5.37. The summed E-state index contributed by atoms with van der Waals surface area (Å²) in [5.41, 5.74) is 0. The number of ether oxygens (including phenoxy) is 1. The Kier molecular flexibility index (Phi) is 1.39. The van der Waals surface area contributed by atoms with Gasteiger partial charge in [0, 0.05) is 6.61 Å². The van der Waals surface area contributed by atoms with Gasteiger partial charge >= 0.3 is 0 Å². The molecule has 0 bridgehead atoms. The summed E-state index contributed by atoms with van der Waals surface area (Å²) >= 11 is 0. The minimum Gasteiger partial charge on any atom is -0.371 e. The first-order chi connectivity index (χ1) is 3.77. The van der Waals surface area contributed by atoms with Crippen LogP contribution in [0, 0.1) is 0 Å². The highest BCUT2D eigenvalue weighted by Crippen LogP contribution is 2.25. The maximum Gasteiger partial charge on any atom is 0.0832 e. The summed E-state index contributed by atoms with van der Waals surface area (Å²) in [6.45, 7) is 6.67. The van der Waals surface area contributed by atoms with Gasteiger partial charge in [0.25, 0.3) is 0 Å². The average Bonchev–Trinajstić information content (AvgIpc) is 2.17. The van der Waals surface area contributed by atoms with Crippen molar-refractivity contribution < 1.29 is 4.74 Å². The number of hydrogen-bond donors (Lipinski definition) is 0. The molecule has 1 heteroatoms. The van der Waals surface area contributed by atoms with Gasteiger partial charge in [-0.3, -0.25) is 0 Å². The molecule has 0 saturated carbocycles. The summed E-state index contributed by atoms with van der Waals surface area (Å²) in [7, 11) is 0. The van der Waals surface area contributed by atoms with Gasteiger partial charge in [-0.1, -0.05) is 6.08 Å². The highest BCUT2D eigenvalue weighted by molar-refractivity contribution is 4.95. The SMILES string of the molecule is C=CC1(C)CCCO1. The van der Waals surface area contributed by atoms with Gasteiger partial charge in [-0.2, -0.15) is 0 Å². The minimum atomic E-state index is 0. The molecule has 1 nitrogen and oxygen atoms in total. The van der Waals surface area contributed by atoms with E-state index in [1.807, 2.05) is 6.08 Å². The Morgan fingerprint density at radius 2 is 2.50 bits per heavy atom. The fourth-order valence-corrected chi connectivity index (χ4v) is 0.962. The van der Waals surface area contributed by atoms with Crippen LogP contribution in [-0.2, 0) is 4.74 Å². The van der Waals surface area contributed by atoms with Crippen LogP contribution < -0.4 is 0 Å². The van der Waals surface area contributed by atoms with Crippen LogP contribution in [0.5, 0.6) is 0 Å². The van der Waals surface area contributed by atoms with Crippen molar-refractivity contribution in [1.82, 2.24) is 0 Å². The highest BCUT2D eigenvalue weighted by Gasteiger charge is 2.25. The molecule has 1 atom stereocenters. The van der Waals surface area contributed by atoms with Crippen molar-refractivity contribution in [3.8, 4) is 0 Å². The van der Waals surface area contributed by atoms with Gasteiger partial charge in [-0.15, -0.1) is 6.58 Å². The molecule has 0 radical (unpaired) electrons. The molecule has 1 rings (SSSR count). The van der Waals surface area contributed by atoms with Crippen molar-refractivity contribution in [2.75, 3.05) is 6.61 Å². The van der Waals surface area contributed by atoms with Crippen molar-refractivity contribution in [3.05, 3.63) is 12.7 Å². The zero-order chi connectivity index (χ0) is 6.04. The molecule has 1 heterocycles. The van der Waals surface area contributed by atoms with E-state index in [0.29, 0.717) is 0 Å². The van der Waals surface area contributed by atoms with E-state index in [9.17, 15) is 0 Å². The molecule has 0 amide bonds. The van der Waals surface area contributed by atoms with Crippen molar-refractivity contribution in [2.45, 2.75) is 25.4 Å². The summed E-state index contributed by atoms with van der Waals surface area (Å²) in [4.78, 5) is 0. The first kappa shape index (κ1) is 5.83. The molecule has 0 aromatic carbocycles. The number of rotatable bonds is 1. The van der Waals surface area contributed by atoms with E-state index >= 15 is 0 Å².